The van der Waals surface area contributed by atoms with Gasteiger partial charge in [0.2, 0.25) is 0 Å². The molecule has 0 N–H and O–H groups in total. The molecule has 0 fully saturated rings. The molecule has 1 aromatic rings. The average Bonchev–Trinajstić information content (AvgIpc) is 2.17. The van der Waals surface area contributed by atoms with Crippen LogP contribution in [0.3, 0.4) is 0 Å². The first-order valence-electron chi connectivity index (χ1n) is 5.82. The summed E-state index contributed by atoms with van der Waals surface area (Å²) in [5, 5.41) is 0. The van der Waals surface area contributed by atoms with Crippen LogP contribution in [-0.2, 0) is 0 Å². The van der Waals surface area contributed by atoms with Gasteiger partial charge in [0.1, 0.15) is 5.82 Å². The number of benzene rings is 1. The minimum atomic E-state index is -0.268. The van der Waals surface area contributed by atoms with Crippen molar-refractivity contribution in [3.8, 4) is 0 Å². The molecule has 0 saturated heterocycles. The SMILES string of the molecule is CCC(CC)C(=O)c1c(C)cc(F)cc1C. The maximum absolute atomic E-state index is 13.1. The smallest absolute Gasteiger partial charge is 0.166 e. The van der Waals surface area contributed by atoms with Crippen molar-refractivity contribution in [3.63, 3.8) is 0 Å². The number of Topliss-reactive ketones (excluding diaryl/α,β-unsaturated/α-hetero) is 1. The Kier molecular flexibility index (Phi) is 4.22. The fraction of sp³-hybridized carbons (Fsp3) is 0.500. The maximum atomic E-state index is 13.1. The Hall–Kier alpha value is -1.18. The van der Waals surface area contributed by atoms with E-state index in [0.29, 0.717) is 5.56 Å². The summed E-state index contributed by atoms with van der Waals surface area (Å²) in [4.78, 5) is 12.2. The average molecular weight is 222 g/mol. The normalized spacial score (nSPS) is 10.9. The molecule has 0 heterocycles. The molecule has 0 spiro atoms. The maximum Gasteiger partial charge on any atom is 0.166 e. The second-order valence-corrected chi connectivity index (χ2v) is 4.29. The molecule has 1 rings (SSSR count). The van der Waals surface area contributed by atoms with Gasteiger partial charge in [-0.05, 0) is 49.9 Å². The zero-order valence-corrected chi connectivity index (χ0v) is 10.4. The first-order valence-corrected chi connectivity index (χ1v) is 5.82. The minimum absolute atomic E-state index is 0.0582. The molecule has 0 aliphatic heterocycles. The van der Waals surface area contributed by atoms with Crippen LogP contribution in [0.5, 0.6) is 0 Å². The van der Waals surface area contributed by atoms with Crippen molar-refractivity contribution >= 4 is 5.78 Å². The van der Waals surface area contributed by atoms with Crippen molar-refractivity contribution < 1.29 is 9.18 Å². The zero-order valence-electron chi connectivity index (χ0n) is 10.4. The molecular formula is C14H19FO. The summed E-state index contributed by atoms with van der Waals surface area (Å²) in [6, 6.07) is 2.87. The lowest BCUT2D eigenvalue weighted by atomic mass is 9.88. The van der Waals surface area contributed by atoms with E-state index in [9.17, 15) is 9.18 Å². The highest BCUT2D eigenvalue weighted by Gasteiger charge is 2.20. The molecular weight excluding hydrogens is 203 g/mol. The zero-order chi connectivity index (χ0) is 12.3. The van der Waals surface area contributed by atoms with E-state index in [-0.39, 0.29) is 17.5 Å². The second-order valence-electron chi connectivity index (χ2n) is 4.29. The van der Waals surface area contributed by atoms with Gasteiger partial charge in [0.15, 0.2) is 5.78 Å². The summed E-state index contributed by atoms with van der Waals surface area (Å²) in [5.41, 5.74) is 2.19. The van der Waals surface area contributed by atoms with Crippen LogP contribution in [0, 0.1) is 25.6 Å². The number of hydrogen-bond acceptors (Lipinski definition) is 1. The Morgan fingerprint density at radius 1 is 1.19 bits per heavy atom. The Labute approximate surface area is 96.7 Å². The molecule has 88 valence electrons. The molecule has 0 unspecified atom stereocenters. The topological polar surface area (TPSA) is 17.1 Å². The molecule has 0 aromatic heterocycles. The van der Waals surface area contributed by atoms with Crippen LogP contribution in [0.4, 0.5) is 4.39 Å². The third kappa shape index (κ3) is 2.49. The summed E-state index contributed by atoms with van der Waals surface area (Å²) >= 11 is 0. The summed E-state index contributed by atoms with van der Waals surface area (Å²) in [6.07, 6.45) is 1.68. The van der Waals surface area contributed by atoms with Crippen molar-refractivity contribution in [1.82, 2.24) is 0 Å². The highest BCUT2D eigenvalue weighted by atomic mass is 19.1. The number of carbonyl (C=O) groups is 1. The number of hydrogen-bond donors (Lipinski definition) is 0. The fourth-order valence-corrected chi connectivity index (χ4v) is 2.16. The lowest BCUT2D eigenvalue weighted by Gasteiger charge is -2.15. The van der Waals surface area contributed by atoms with Gasteiger partial charge in [-0.15, -0.1) is 0 Å². The van der Waals surface area contributed by atoms with Gasteiger partial charge in [0.05, 0.1) is 0 Å². The van der Waals surface area contributed by atoms with Gasteiger partial charge >= 0.3 is 0 Å². The first kappa shape index (κ1) is 12.9. The molecule has 0 bridgehead atoms. The molecule has 0 saturated carbocycles. The highest BCUT2D eigenvalue weighted by molar-refractivity contribution is 6.00. The molecule has 16 heavy (non-hydrogen) atoms. The van der Waals surface area contributed by atoms with Crippen LogP contribution in [0.15, 0.2) is 12.1 Å². The third-order valence-electron chi connectivity index (χ3n) is 3.10. The summed E-state index contributed by atoms with van der Waals surface area (Å²) < 4.78 is 13.1. The number of halogens is 1. The van der Waals surface area contributed by atoms with Crippen LogP contribution in [0.1, 0.15) is 48.2 Å². The molecule has 0 amide bonds. The van der Waals surface area contributed by atoms with E-state index in [2.05, 4.69) is 0 Å². The second kappa shape index (κ2) is 5.24. The Morgan fingerprint density at radius 3 is 2.00 bits per heavy atom. The molecule has 1 aromatic carbocycles. The molecule has 0 atom stereocenters. The van der Waals surface area contributed by atoms with Crippen LogP contribution in [0.25, 0.3) is 0 Å². The lowest BCUT2D eigenvalue weighted by molar-refractivity contribution is 0.0912. The number of carbonyl (C=O) groups excluding carboxylic acids is 1. The van der Waals surface area contributed by atoms with Gasteiger partial charge in [0.25, 0.3) is 0 Å². The van der Waals surface area contributed by atoms with E-state index < -0.39 is 0 Å². The van der Waals surface area contributed by atoms with Gasteiger partial charge in [-0.25, -0.2) is 4.39 Å². The molecule has 1 nitrogen and oxygen atoms in total. The van der Waals surface area contributed by atoms with Crippen molar-refractivity contribution in [1.29, 1.82) is 0 Å². The van der Waals surface area contributed by atoms with Crippen LogP contribution >= 0.6 is 0 Å². The lowest BCUT2D eigenvalue weighted by Crippen LogP contribution is -2.16. The Morgan fingerprint density at radius 2 is 1.62 bits per heavy atom. The monoisotopic (exact) mass is 222 g/mol. The quantitative estimate of drug-likeness (QED) is 0.702. The van der Waals surface area contributed by atoms with E-state index in [0.717, 1.165) is 24.0 Å². The highest BCUT2D eigenvalue weighted by Crippen LogP contribution is 2.22. The van der Waals surface area contributed by atoms with Crippen LogP contribution < -0.4 is 0 Å². The van der Waals surface area contributed by atoms with E-state index in [1.807, 2.05) is 13.8 Å². The third-order valence-corrected chi connectivity index (χ3v) is 3.10. The largest absolute Gasteiger partial charge is 0.294 e. The van der Waals surface area contributed by atoms with E-state index >= 15 is 0 Å². The van der Waals surface area contributed by atoms with Crippen molar-refractivity contribution in [2.75, 3.05) is 0 Å². The van der Waals surface area contributed by atoms with Gasteiger partial charge in [-0.2, -0.15) is 0 Å². The molecule has 0 radical (unpaired) electrons. The van der Waals surface area contributed by atoms with E-state index in [1.165, 1.54) is 12.1 Å². The van der Waals surface area contributed by atoms with Crippen molar-refractivity contribution in [2.45, 2.75) is 40.5 Å². The predicted octanol–water partition coefficient (Wildman–Crippen LogP) is 4.06. The summed E-state index contributed by atoms with van der Waals surface area (Å²) in [6.45, 7) is 7.62. The number of rotatable bonds is 4. The van der Waals surface area contributed by atoms with Gasteiger partial charge in [-0.3, -0.25) is 4.79 Å². The minimum Gasteiger partial charge on any atom is -0.294 e. The molecule has 0 aliphatic carbocycles. The Balaban J connectivity index is 3.18. The Bertz CT molecular complexity index is 369. The first-order chi connectivity index (χ1) is 7.51. The number of ketones is 1. The van der Waals surface area contributed by atoms with E-state index in [1.54, 1.807) is 13.8 Å². The van der Waals surface area contributed by atoms with Gasteiger partial charge in [-0.1, -0.05) is 13.8 Å². The van der Waals surface area contributed by atoms with Crippen LogP contribution in [0.2, 0.25) is 0 Å². The molecule has 0 aliphatic rings. The summed E-state index contributed by atoms with van der Waals surface area (Å²) in [7, 11) is 0. The fourth-order valence-electron chi connectivity index (χ4n) is 2.16. The molecule has 2 heteroatoms. The van der Waals surface area contributed by atoms with E-state index in [4.69, 9.17) is 0 Å². The standard InChI is InChI=1S/C14H19FO/c1-5-11(6-2)14(16)13-9(3)7-12(15)8-10(13)4/h7-8,11H,5-6H2,1-4H3. The number of aryl methyl sites for hydroxylation is 2. The van der Waals surface area contributed by atoms with Crippen molar-refractivity contribution in [3.05, 3.63) is 34.6 Å². The predicted molar refractivity (Wildman–Crippen MR) is 64.3 cm³/mol. The van der Waals surface area contributed by atoms with Crippen molar-refractivity contribution in [2.24, 2.45) is 5.92 Å². The van der Waals surface area contributed by atoms with Crippen LogP contribution in [-0.4, -0.2) is 5.78 Å². The van der Waals surface area contributed by atoms with Gasteiger partial charge in [0, 0.05) is 11.5 Å². The summed E-state index contributed by atoms with van der Waals surface area (Å²) in [5.74, 6) is -0.0565. The van der Waals surface area contributed by atoms with Gasteiger partial charge < -0.3 is 0 Å².